The number of rotatable bonds is 14. The van der Waals surface area contributed by atoms with Crippen LogP contribution in [0.2, 0.25) is 0 Å². The van der Waals surface area contributed by atoms with Gasteiger partial charge in [-0.3, -0.25) is 24.0 Å². The molecule has 0 fully saturated rings. The second-order valence-corrected chi connectivity index (χ2v) is 6.93. The van der Waals surface area contributed by atoms with Crippen LogP contribution in [0.1, 0.15) is 46.0 Å². The van der Waals surface area contributed by atoms with Crippen LogP contribution in [0.25, 0.3) is 0 Å². The molecule has 4 atom stereocenters. The molecule has 10 heteroatoms. The number of carboxylic acids is 5. The van der Waals surface area contributed by atoms with Crippen LogP contribution in [-0.4, -0.2) is 55.4 Å². The van der Waals surface area contributed by atoms with Gasteiger partial charge >= 0.3 is 29.8 Å². The van der Waals surface area contributed by atoms with E-state index in [-0.39, 0.29) is 18.8 Å². The van der Waals surface area contributed by atoms with Crippen LogP contribution in [0.3, 0.4) is 0 Å². The number of aliphatic carboxylic acids is 5. The predicted octanol–water partition coefficient (Wildman–Crippen LogP) is 1.48. The van der Waals surface area contributed by atoms with Crippen LogP contribution in [0.4, 0.5) is 0 Å². The molecule has 0 aromatic carbocycles. The van der Waals surface area contributed by atoms with Gasteiger partial charge in [0.05, 0.1) is 23.7 Å². The minimum absolute atomic E-state index is 0.279. The van der Waals surface area contributed by atoms with Gasteiger partial charge in [0.1, 0.15) is 0 Å². The molecular formula is C17H26O10. The first-order valence-electron chi connectivity index (χ1n) is 8.49. The summed E-state index contributed by atoms with van der Waals surface area (Å²) < 4.78 is 0. The highest BCUT2D eigenvalue weighted by Crippen LogP contribution is 2.29. The van der Waals surface area contributed by atoms with E-state index < -0.39 is 72.8 Å². The Hall–Kier alpha value is -2.65. The van der Waals surface area contributed by atoms with Crippen LogP contribution >= 0.6 is 0 Å². The summed E-state index contributed by atoms with van der Waals surface area (Å²) in [5.41, 5.74) is 0. The first-order chi connectivity index (χ1) is 12.4. The van der Waals surface area contributed by atoms with Crippen LogP contribution in [0.15, 0.2) is 0 Å². The van der Waals surface area contributed by atoms with Gasteiger partial charge in [-0.25, -0.2) is 0 Å². The molecule has 0 spiro atoms. The highest BCUT2D eigenvalue weighted by molar-refractivity contribution is 5.77. The standard InChI is InChI=1S/C17H26O10/c1-8(2)12(17(26)27)7-11(16(24)25)6-10(15(22)23)5-9(14(20)21)3-4-13(18)19/h8-12H,3-7H2,1-2H3,(H,18,19)(H,20,21)(H,22,23)(H,24,25)(H,26,27). The van der Waals surface area contributed by atoms with Gasteiger partial charge in [-0.1, -0.05) is 13.8 Å². The van der Waals surface area contributed by atoms with Crippen molar-refractivity contribution in [3.8, 4) is 0 Å². The summed E-state index contributed by atoms with van der Waals surface area (Å²) in [7, 11) is 0. The minimum atomic E-state index is -1.40. The third-order valence-electron chi connectivity index (χ3n) is 4.55. The highest BCUT2D eigenvalue weighted by Gasteiger charge is 2.35. The zero-order chi connectivity index (χ0) is 21.3. The molecular weight excluding hydrogens is 364 g/mol. The number of hydrogen-bond donors (Lipinski definition) is 5. The summed E-state index contributed by atoms with van der Waals surface area (Å²) in [6.45, 7) is 3.22. The van der Waals surface area contributed by atoms with Crippen molar-refractivity contribution in [2.75, 3.05) is 0 Å². The van der Waals surface area contributed by atoms with Crippen molar-refractivity contribution in [3.05, 3.63) is 0 Å². The van der Waals surface area contributed by atoms with Crippen LogP contribution in [-0.2, 0) is 24.0 Å². The SMILES string of the molecule is CC(C)C(CC(CC(CC(CCC(=O)O)C(=O)O)C(=O)O)C(=O)O)C(=O)O. The van der Waals surface area contributed by atoms with Gasteiger partial charge in [0, 0.05) is 6.42 Å². The van der Waals surface area contributed by atoms with E-state index in [1.54, 1.807) is 13.8 Å². The topological polar surface area (TPSA) is 186 Å². The zero-order valence-electron chi connectivity index (χ0n) is 15.2. The van der Waals surface area contributed by atoms with Gasteiger partial charge < -0.3 is 25.5 Å². The van der Waals surface area contributed by atoms with E-state index in [2.05, 4.69) is 0 Å². The second kappa shape index (κ2) is 11.1. The molecule has 10 nitrogen and oxygen atoms in total. The van der Waals surface area contributed by atoms with Crippen molar-refractivity contribution < 1.29 is 49.5 Å². The van der Waals surface area contributed by atoms with Gasteiger partial charge in [0.15, 0.2) is 0 Å². The Morgan fingerprint density at radius 3 is 1.37 bits per heavy atom. The molecule has 4 unspecified atom stereocenters. The van der Waals surface area contributed by atoms with Crippen molar-refractivity contribution in [1.29, 1.82) is 0 Å². The summed E-state index contributed by atoms with van der Waals surface area (Å²) in [5.74, 6) is -11.8. The second-order valence-electron chi connectivity index (χ2n) is 6.93. The Morgan fingerprint density at radius 1 is 0.630 bits per heavy atom. The quantitative estimate of drug-likeness (QED) is 0.291. The van der Waals surface area contributed by atoms with E-state index in [0.29, 0.717) is 0 Å². The smallest absolute Gasteiger partial charge is 0.306 e. The van der Waals surface area contributed by atoms with Crippen molar-refractivity contribution in [1.82, 2.24) is 0 Å². The fraction of sp³-hybridized carbons (Fsp3) is 0.706. The van der Waals surface area contributed by atoms with Crippen LogP contribution in [0.5, 0.6) is 0 Å². The molecule has 154 valence electrons. The lowest BCUT2D eigenvalue weighted by atomic mass is 9.79. The molecule has 27 heavy (non-hydrogen) atoms. The summed E-state index contributed by atoms with van der Waals surface area (Å²) in [4.78, 5) is 56.2. The van der Waals surface area contributed by atoms with E-state index in [0.717, 1.165) is 0 Å². The molecule has 0 saturated carbocycles. The maximum Gasteiger partial charge on any atom is 0.306 e. The van der Waals surface area contributed by atoms with Gasteiger partial charge in [-0.2, -0.15) is 0 Å². The lowest BCUT2D eigenvalue weighted by Crippen LogP contribution is -2.31. The maximum atomic E-state index is 11.5. The molecule has 0 radical (unpaired) electrons. The summed E-state index contributed by atoms with van der Waals surface area (Å²) in [6.07, 6.45) is -1.88. The Bertz CT molecular complexity index is 568. The van der Waals surface area contributed by atoms with Crippen molar-refractivity contribution in [2.24, 2.45) is 29.6 Å². The first-order valence-corrected chi connectivity index (χ1v) is 8.49. The monoisotopic (exact) mass is 390 g/mol. The highest BCUT2D eigenvalue weighted by atomic mass is 16.4. The molecule has 0 rings (SSSR count). The molecule has 0 aliphatic rings. The van der Waals surface area contributed by atoms with Crippen LogP contribution < -0.4 is 0 Å². The van der Waals surface area contributed by atoms with Gasteiger partial charge in [-0.05, 0) is 31.6 Å². The van der Waals surface area contributed by atoms with E-state index in [1.807, 2.05) is 0 Å². The molecule has 0 bridgehead atoms. The molecule has 0 amide bonds. The maximum absolute atomic E-state index is 11.5. The van der Waals surface area contributed by atoms with E-state index >= 15 is 0 Å². The normalized spacial score (nSPS) is 15.5. The molecule has 0 heterocycles. The van der Waals surface area contributed by atoms with Crippen molar-refractivity contribution in [2.45, 2.75) is 46.0 Å². The van der Waals surface area contributed by atoms with E-state index in [9.17, 15) is 44.4 Å². The first kappa shape index (κ1) is 24.4. The molecule has 0 aliphatic heterocycles. The predicted molar refractivity (Wildman–Crippen MR) is 90.1 cm³/mol. The summed E-state index contributed by atoms with van der Waals surface area (Å²) in [5, 5.41) is 45.8. The van der Waals surface area contributed by atoms with Gasteiger partial charge in [-0.15, -0.1) is 0 Å². The van der Waals surface area contributed by atoms with Crippen molar-refractivity contribution in [3.63, 3.8) is 0 Å². The number of carbonyl (C=O) groups is 5. The van der Waals surface area contributed by atoms with E-state index in [4.69, 9.17) is 5.11 Å². The fourth-order valence-corrected chi connectivity index (χ4v) is 2.89. The average Bonchev–Trinajstić information content (AvgIpc) is 2.51. The van der Waals surface area contributed by atoms with Gasteiger partial charge in [0.25, 0.3) is 0 Å². The number of hydrogen-bond acceptors (Lipinski definition) is 5. The number of carboxylic acid groups (broad SMARTS) is 5. The zero-order valence-corrected chi connectivity index (χ0v) is 15.2. The van der Waals surface area contributed by atoms with Gasteiger partial charge in [0.2, 0.25) is 0 Å². The van der Waals surface area contributed by atoms with Crippen molar-refractivity contribution >= 4 is 29.8 Å². The van der Waals surface area contributed by atoms with Crippen LogP contribution in [0, 0.1) is 29.6 Å². The Labute approximate surface area is 155 Å². The molecule has 0 aromatic rings. The lowest BCUT2D eigenvalue weighted by molar-refractivity contribution is -0.149. The third kappa shape index (κ3) is 9.02. The Morgan fingerprint density at radius 2 is 1.04 bits per heavy atom. The van der Waals surface area contributed by atoms with E-state index in [1.165, 1.54) is 0 Å². The molecule has 0 saturated heterocycles. The Kier molecular flexibility index (Phi) is 10.1. The molecule has 5 N–H and O–H groups in total. The fourth-order valence-electron chi connectivity index (χ4n) is 2.89. The third-order valence-corrected chi connectivity index (χ3v) is 4.55. The summed E-state index contributed by atoms with van der Waals surface area (Å²) in [6, 6.07) is 0. The Balaban J connectivity index is 5.32. The molecule has 0 aliphatic carbocycles. The minimum Gasteiger partial charge on any atom is -0.481 e. The lowest BCUT2D eigenvalue weighted by Gasteiger charge is -2.24. The molecule has 0 aromatic heterocycles. The summed E-state index contributed by atoms with van der Waals surface area (Å²) >= 11 is 0. The largest absolute Gasteiger partial charge is 0.481 e. The average molecular weight is 390 g/mol.